The van der Waals surface area contributed by atoms with Crippen molar-refractivity contribution in [1.82, 2.24) is 10.3 Å². The van der Waals surface area contributed by atoms with Gasteiger partial charge in [-0.2, -0.15) is 0 Å². The predicted molar refractivity (Wildman–Crippen MR) is 95.9 cm³/mol. The molecule has 0 saturated carbocycles. The maximum atomic E-state index is 6.14. The number of rotatable bonds is 3. The van der Waals surface area contributed by atoms with Gasteiger partial charge in [0.25, 0.3) is 0 Å². The van der Waals surface area contributed by atoms with Crippen LogP contribution in [0.3, 0.4) is 0 Å². The molecular formula is C15H15BrClN3S. The van der Waals surface area contributed by atoms with Crippen molar-refractivity contribution in [2.45, 2.75) is 20.4 Å². The summed E-state index contributed by atoms with van der Waals surface area (Å²) in [7, 11) is 0. The van der Waals surface area contributed by atoms with Gasteiger partial charge in [0.1, 0.15) is 0 Å². The minimum Gasteiger partial charge on any atom is -0.358 e. The maximum absolute atomic E-state index is 6.14. The molecular weight excluding hydrogens is 370 g/mol. The Labute approximate surface area is 143 Å². The van der Waals surface area contributed by atoms with Gasteiger partial charge in [0, 0.05) is 11.0 Å². The van der Waals surface area contributed by atoms with Gasteiger partial charge in [0.15, 0.2) is 10.9 Å². The van der Waals surface area contributed by atoms with Crippen LogP contribution in [0.5, 0.6) is 0 Å². The van der Waals surface area contributed by atoms with Gasteiger partial charge >= 0.3 is 0 Å². The first-order chi connectivity index (χ1) is 9.95. The fourth-order valence-electron chi connectivity index (χ4n) is 1.69. The largest absolute Gasteiger partial charge is 0.358 e. The van der Waals surface area contributed by atoms with Crippen LogP contribution >= 0.6 is 39.7 Å². The smallest absolute Gasteiger partial charge is 0.172 e. The minimum atomic E-state index is 0.492. The summed E-state index contributed by atoms with van der Waals surface area (Å²) in [4.78, 5) is 4.36. The second-order valence-electron chi connectivity index (χ2n) is 4.68. The molecule has 1 aromatic carbocycles. The number of aromatic nitrogens is 1. The van der Waals surface area contributed by atoms with Crippen LogP contribution in [0.1, 0.15) is 16.8 Å². The van der Waals surface area contributed by atoms with Crippen molar-refractivity contribution in [3.05, 3.63) is 56.6 Å². The first-order valence-electron chi connectivity index (χ1n) is 6.39. The van der Waals surface area contributed by atoms with Gasteiger partial charge in [0.05, 0.1) is 10.7 Å². The highest BCUT2D eigenvalue weighted by Crippen LogP contribution is 2.25. The van der Waals surface area contributed by atoms with E-state index in [-0.39, 0.29) is 0 Å². The van der Waals surface area contributed by atoms with Gasteiger partial charge in [-0.05, 0) is 53.6 Å². The Bertz CT molecular complexity index is 659. The molecule has 3 nitrogen and oxygen atoms in total. The van der Waals surface area contributed by atoms with Gasteiger partial charge in [-0.1, -0.05) is 41.4 Å². The average Bonchev–Trinajstić information content (AvgIpc) is 2.44. The highest BCUT2D eigenvalue weighted by atomic mass is 79.9. The van der Waals surface area contributed by atoms with Gasteiger partial charge in [-0.3, -0.25) is 0 Å². The van der Waals surface area contributed by atoms with Crippen molar-refractivity contribution >= 4 is 50.7 Å². The molecule has 0 radical (unpaired) electrons. The summed E-state index contributed by atoms with van der Waals surface area (Å²) in [5.41, 5.74) is 3.25. The second-order valence-corrected chi connectivity index (χ2v) is 6.35. The van der Waals surface area contributed by atoms with Gasteiger partial charge in [-0.25, -0.2) is 4.98 Å². The van der Waals surface area contributed by atoms with Crippen molar-refractivity contribution in [2.24, 2.45) is 0 Å². The molecule has 6 heteroatoms. The normalized spacial score (nSPS) is 10.3. The molecule has 2 rings (SSSR count). The highest BCUT2D eigenvalue weighted by Gasteiger charge is 2.07. The van der Waals surface area contributed by atoms with E-state index < -0.39 is 0 Å². The highest BCUT2D eigenvalue weighted by molar-refractivity contribution is 9.10. The van der Waals surface area contributed by atoms with Crippen LogP contribution in [0.25, 0.3) is 0 Å². The molecule has 0 bridgehead atoms. The fraction of sp³-hybridized carbons (Fsp3) is 0.200. The third kappa shape index (κ3) is 4.66. The number of thiocarbonyl (C=S) groups is 1. The molecule has 0 fully saturated rings. The fourth-order valence-corrected chi connectivity index (χ4v) is 2.50. The van der Waals surface area contributed by atoms with Crippen LogP contribution in [0.15, 0.2) is 34.8 Å². The summed E-state index contributed by atoms with van der Waals surface area (Å²) in [6.07, 6.45) is 0. The van der Waals surface area contributed by atoms with Crippen LogP contribution < -0.4 is 10.6 Å². The standard InChI is InChI=1S/C15H15BrClN3S/c1-9-3-5-11(6-4-9)8-18-15(21)20-14-13(17)7-12(16)10(2)19-14/h3-7H,8H2,1-2H3,(H2,18,19,20,21). The molecule has 1 heterocycles. The van der Waals surface area contributed by atoms with E-state index in [0.717, 1.165) is 15.7 Å². The average molecular weight is 385 g/mol. The maximum Gasteiger partial charge on any atom is 0.172 e. The predicted octanol–water partition coefficient (Wildman–Crippen LogP) is 4.60. The van der Waals surface area contributed by atoms with E-state index in [1.54, 1.807) is 6.07 Å². The number of halogens is 2. The van der Waals surface area contributed by atoms with E-state index in [4.69, 9.17) is 23.8 Å². The molecule has 2 aromatic rings. The molecule has 0 atom stereocenters. The molecule has 0 saturated heterocycles. The lowest BCUT2D eigenvalue weighted by molar-refractivity contribution is 0.923. The van der Waals surface area contributed by atoms with Crippen LogP contribution in [-0.4, -0.2) is 10.1 Å². The van der Waals surface area contributed by atoms with Gasteiger partial charge in [0.2, 0.25) is 0 Å². The van der Waals surface area contributed by atoms with E-state index in [1.807, 2.05) is 6.92 Å². The van der Waals surface area contributed by atoms with Crippen molar-refractivity contribution in [3.63, 3.8) is 0 Å². The third-order valence-electron chi connectivity index (χ3n) is 2.91. The molecule has 110 valence electrons. The van der Waals surface area contributed by atoms with Crippen LogP contribution in [0.4, 0.5) is 5.82 Å². The van der Waals surface area contributed by atoms with E-state index in [9.17, 15) is 0 Å². The molecule has 2 N–H and O–H groups in total. The molecule has 0 amide bonds. The number of nitrogens with zero attached hydrogens (tertiary/aromatic N) is 1. The SMILES string of the molecule is Cc1ccc(CNC(=S)Nc2nc(C)c(Br)cc2Cl)cc1. The Balaban J connectivity index is 1.96. The van der Waals surface area contributed by atoms with Gasteiger partial charge in [-0.15, -0.1) is 0 Å². The number of anilines is 1. The molecule has 21 heavy (non-hydrogen) atoms. The molecule has 0 unspecified atom stereocenters. The molecule has 0 spiro atoms. The number of nitrogens with one attached hydrogen (secondary N) is 2. The number of aryl methyl sites for hydroxylation is 2. The van der Waals surface area contributed by atoms with Gasteiger partial charge < -0.3 is 10.6 Å². The van der Waals surface area contributed by atoms with E-state index >= 15 is 0 Å². The zero-order valence-electron chi connectivity index (χ0n) is 11.7. The Morgan fingerprint density at radius 2 is 1.95 bits per heavy atom. The molecule has 0 aliphatic rings. The number of pyridine rings is 1. The third-order valence-corrected chi connectivity index (χ3v) is 4.25. The van der Waals surface area contributed by atoms with Crippen molar-refractivity contribution < 1.29 is 0 Å². The molecule has 0 aliphatic heterocycles. The first-order valence-corrected chi connectivity index (χ1v) is 7.96. The quantitative estimate of drug-likeness (QED) is 0.758. The monoisotopic (exact) mass is 383 g/mol. The number of hydrogen-bond acceptors (Lipinski definition) is 2. The van der Waals surface area contributed by atoms with Crippen LogP contribution in [0, 0.1) is 13.8 Å². The lowest BCUT2D eigenvalue weighted by atomic mass is 10.1. The Morgan fingerprint density at radius 3 is 2.62 bits per heavy atom. The Hall–Kier alpha value is -1.17. The summed E-state index contributed by atoms with van der Waals surface area (Å²) < 4.78 is 0.872. The second kappa shape index (κ2) is 7.20. The van der Waals surface area contributed by atoms with E-state index in [1.165, 1.54) is 5.56 Å². The van der Waals surface area contributed by atoms with Crippen LogP contribution in [-0.2, 0) is 6.54 Å². The summed E-state index contributed by atoms with van der Waals surface area (Å²) in [6.45, 7) is 4.61. The first kappa shape index (κ1) is 16.2. The Morgan fingerprint density at radius 1 is 1.29 bits per heavy atom. The van der Waals surface area contributed by atoms with Crippen LogP contribution in [0.2, 0.25) is 5.02 Å². The van der Waals surface area contributed by atoms with E-state index in [0.29, 0.717) is 22.5 Å². The summed E-state index contributed by atoms with van der Waals surface area (Å²) >= 11 is 14.8. The lowest BCUT2D eigenvalue weighted by Gasteiger charge is -2.12. The Kier molecular flexibility index (Phi) is 5.56. The number of hydrogen-bond donors (Lipinski definition) is 2. The molecule has 0 aliphatic carbocycles. The lowest BCUT2D eigenvalue weighted by Crippen LogP contribution is -2.28. The topological polar surface area (TPSA) is 37.0 Å². The van der Waals surface area contributed by atoms with Crippen molar-refractivity contribution in [3.8, 4) is 0 Å². The van der Waals surface area contributed by atoms with E-state index in [2.05, 4.69) is 62.7 Å². The summed E-state index contributed by atoms with van der Waals surface area (Å²) in [5, 5.41) is 7.17. The number of benzene rings is 1. The van der Waals surface area contributed by atoms with Crippen molar-refractivity contribution in [2.75, 3.05) is 5.32 Å². The summed E-state index contributed by atoms with van der Waals surface area (Å²) in [5.74, 6) is 0.554. The minimum absolute atomic E-state index is 0.492. The van der Waals surface area contributed by atoms with Crippen molar-refractivity contribution in [1.29, 1.82) is 0 Å². The zero-order chi connectivity index (χ0) is 15.4. The zero-order valence-corrected chi connectivity index (χ0v) is 14.9. The summed E-state index contributed by atoms with van der Waals surface area (Å²) in [6, 6.07) is 10.1. The molecule has 1 aromatic heterocycles.